The minimum absolute atomic E-state index is 0.148. The van der Waals surface area contributed by atoms with Crippen LogP contribution in [0, 0.1) is 0 Å². The predicted molar refractivity (Wildman–Crippen MR) is 223 cm³/mol. The molecule has 0 amide bonds. The zero-order chi connectivity index (χ0) is 35.6. The van der Waals surface area contributed by atoms with Gasteiger partial charge >= 0.3 is 0 Å². The van der Waals surface area contributed by atoms with Crippen molar-refractivity contribution in [3.63, 3.8) is 0 Å². The van der Waals surface area contributed by atoms with Crippen LogP contribution < -0.4 is 0 Å². The quantitative estimate of drug-likeness (QED) is 0.182. The summed E-state index contributed by atoms with van der Waals surface area (Å²) in [6.45, 7) is 9.63. The zero-order valence-corrected chi connectivity index (χ0v) is 30.6. The van der Waals surface area contributed by atoms with Crippen LogP contribution in [-0.2, 0) is 10.8 Å². The number of fused-ring (bicyclic) bond motifs is 10. The summed E-state index contributed by atoms with van der Waals surface area (Å²) in [5, 5.41) is 7.33. The fraction of sp³-hybridized carbons (Fsp3) is 0.160. The molecule has 0 radical (unpaired) electrons. The Morgan fingerprint density at radius 3 is 1.53 bits per heavy atom. The number of para-hydroxylation sites is 3. The number of hydrogen-bond donors (Lipinski definition) is 0. The van der Waals surface area contributed by atoms with Crippen LogP contribution in [0.5, 0.6) is 0 Å². The van der Waals surface area contributed by atoms with Gasteiger partial charge in [0.1, 0.15) is 11.2 Å². The van der Waals surface area contributed by atoms with Gasteiger partial charge in [0.05, 0.1) is 22.1 Å². The lowest BCUT2D eigenvalue weighted by Gasteiger charge is -2.42. The van der Waals surface area contributed by atoms with E-state index in [1.807, 2.05) is 12.1 Å². The van der Waals surface area contributed by atoms with Crippen LogP contribution in [-0.4, -0.2) is 9.13 Å². The molecule has 0 bridgehead atoms. The molecule has 3 heterocycles. The van der Waals surface area contributed by atoms with Gasteiger partial charge in [-0.2, -0.15) is 0 Å². The maximum atomic E-state index is 6.18. The van der Waals surface area contributed by atoms with Gasteiger partial charge in [-0.1, -0.05) is 100 Å². The van der Waals surface area contributed by atoms with E-state index in [9.17, 15) is 0 Å². The van der Waals surface area contributed by atoms with E-state index in [4.69, 9.17) is 4.42 Å². The SMILES string of the molecule is CC1(C)CCC(C)(C)c2cc(-n3c4ccccc4c4cc(-c5ccc6c(c5)c5ccccc5n6-c5ccc6oc7ccccc7c6c5)ccc43)ccc21. The van der Waals surface area contributed by atoms with Crippen LogP contribution in [0.15, 0.2) is 150 Å². The Bertz CT molecular complexity index is 3130. The van der Waals surface area contributed by atoms with E-state index < -0.39 is 0 Å². The molecule has 0 saturated heterocycles. The summed E-state index contributed by atoms with van der Waals surface area (Å²) in [6, 6.07) is 53.7. The minimum atomic E-state index is 0.148. The Kier molecular flexibility index (Phi) is 6.19. The Hall–Kier alpha value is -6.06. The van der Waals surface area contributed by atoms with Gasteiger partial charge < -0.3 is 13.6 Å². The summed E-state index contributed by atoms with van der Waals surface area (Å²) in [6.07, 6.45) is 2.42. The van der Waals surface area contributed by atoms with E-state index in [2.05, 4.69) is 170 Å². The third-order valence-electron chi connectivity index (χ3n) is 12.4. The molecule has 11 rings (SSSR count). The van der Waals surface area contributed by atoms with E-state index in [1.165, 1.54) is 84.4 Å². The maximum absolute atomic E-state index is 6.18. The zero-order valence-electron chi connectivity index (χ0n) is 30.6. The molecule has 0 fully saturated rings. The van der Waals surface area contributed by atoms with Crippen LogP contribution in [0.4, 0.5) is 0 Å². The second-order valence-corrected chi connectivity index (χ2v) is 16.4. The molecular weight excluding hydrogens is 645 g/mol. The normalized spacial score (nSPS) is 15.3. The van der Waals surface area contributed by atoms with Crippen molar-refractivity contribution in [2.24, 2.45) is 0 Å². The number of nitrogens with zero attached hydrogens (tertiary/aromatic N) is 2. The Balaban J connectivity index is 1.07. The van der Waals surface area contributed by atoms with Gasteiger partial charge in [-0.3, -0.25) is 0 Å². The molecule has 0 aliphatic heterocycles. The highest BCUT2D eigenvalue weighted by atomic mass is 16.3. The van der Waals surface area contributed by atoms with Crippen LogP contribution >= 0.6 is 0 Å². The van der Waals surface area contributed by atoms with Gasteiger partial charge in [0, 0.05) is 43.7 Å². The molecule has 3 nitrogen and oxygen atoms in total. The maximum Gasteiger partial charge on any atom is 0.135 e. The standard InChI is InChI=1S/C50H40N2O/c1-49(2)25-26-50(3,4)42-30-34(19-21-41(42)49)52-44-15-9-6-12-36(44)39-28-32(18-23-46(39)52)31-17-22-45-38(27-31)35-11-5-8-14-43(35)51(45)33-20-24-48-40(29-33)37-13-7-10-16-47(37)53-48/h5-24,27-30H,25-26H2,1-4H3. The topological polar surface area (TPSA) is 23.0 Å². The number of furan rings is 1. The van der Waals surface area contributed by atoms with Crippen LogP contribution in [0.1, 0.15) is 51.7 Å². The summed E-state index contributed by atoms with van der Waals surface area (Å²) in [4.78, 5) is 0. The fourth-order valence-corrected chi connectivity index (χ4v) is 9.43. The van der Waals surface area contributed by atoms with E-state index in [0.717, 1.165) is 27.6 Å². The highest BCUT2D eigenvalue weighted by molar-refractivity contribution is 6.13. The molecule has 0 atom stereocenters. The van der Waals surface area contributed by atoms with Gasteiger partial charge in [0.15, 0.2) is 0 Å². The molecular formula is C50H40N2O. The van der Waals surface area contributed by atoms with Crippen LogP contribution in [0.2, 0.25) is 0 Å². The summed E-state index contributed by atoms with van der Waals surface area (Å²) in [5.74, 6) is 0. The van der Waals surface area contributed by atoms with Gasteiger partial charge in [0.2, 0.25) is 0 Å². The fourth-order valence-electron chi connectivity index (χ4n) is 9.43. The monoisotopic (exact) mass is 684 g/mol. The van der Waals surface area contributed by atoms with Gasteiger partial charge in [0.25, 0.3) is 0 Å². The first kappa shape index (κ1) is 30.6. The first-order chi connectivity index (χ1) is 25.7. The van der Waals surface area contributed by atoms with Crippen molar-refractivity contribution >= 4 is 65.6 Å². The molecule has 10 aromatic rings. The number of aromatic nitrogens is 2. The average molecular weight is 685 g/mol. The van der Waals surface area contributed by atoms with Gasteiger partial charge in [-0.15, -0.1) is 0 Å². The molecule has 0 spiro atoms. The summed E-state index contributed by atoms with van der Waals surface area (Å²) in [5.41, 5.74) is 14.8. The largest absolute Gasteiger partial charge is 0.456 e. The molecule has 1 aliphatic rings. The smallest absolute Gasteiger partial charge is 0.135 e. The molecule has 3 heteroatoms. The average Bonchev–Trinajstić information content (AvgIpc) is 3.83. The minimum Gasteiger partial charge on any atom is -0.456 e. The second-order valence-electron chi connectivity index (χ2n) is 16.4. The molecule has 1 aliphatic carbocycles. The summed E-state index contributed by atoms with van der Waals surface area (Å²) in [7, 11) is 0. The van der Waals surface area contributed by atoms with Crippen molar-refractivity contribution in [1.29, 1.82) is 0 Å². The lowest BCUT2D eigenvalue weighted by atomic mass is 9.63. The molecule has 7 aromatic carbocycles. The van der Waals surface area contributed by atoms with Crippen molar-refractivity contribution in [3.8, 4) is 22.5 Å². The highest BCUT2D eigenvalue weighted by Gasteiger charge is 2.37. The van der Waals surface area contributed by atoms with E-state index in [-0.39, 0.29) is 10.8 Å². The van der Waals surface area contributed by atoms with Gasteiger partial charge in [-0.05, 0) is 119 Å². The number of rotatable bonds is 3. The predicted octanol–water partition coefficient (Wildman–Crippen LogP) is 13.8. The molecule has 0 saturated carbocycles. The lowest BCUT2D eigenvalue weighted by Crippen LogP contribution is -2.33. The molecule has 0 unspecified atom stereocenters. The highest BCUT2D eigenvalue weighted by Crippen LogP contribution is 2.47. The Labute approximate surface area is 308 Å². The van der Waals surface area contributed by atoms with Crippen molar-refractivity contribution in [1.82, 2.24) is 9.13 Å². The van der Waals surface area contributed by atoms with E-state index in [0.29, 0.717) is 0 Å². The summed E-state index contributed by atoms with van der Waals surface area (Å²) >= 11 is 0. The van der Waals surface area contributed by atoms with Crippen molar-refractivity contribution < 1.29 is 4.42 Å². The molecule has 3 aromatic heterocycles. The first-order valence-electron chi connectivity index (χ1n) is 18.9. The van der Waals surface area contributed by atoms with Crippen molar-refractivity contribution in [2.45, 2.75) is 51.4 Å². The van der Waals surface area contributed by atoms with Crippen molar-refractivity contribution in [2.75, 3.05) is 0 Å². The van der Waals surface area contributed by atoms with E-state index >= 15 is 0 Å². The van der Waals surface area contributed by atoms with Crippen molar-refractivity contribution in [3.05, 3.63) is 157 Å². The molecule has 256 valence electrons. The number of benzene rings is 7. The first-order valence-corrected chi connectivity index (χ1v) is 18.9. The Morgan fingerprint density at radius 1 is 0.396 bits per heavy atom. The number of hydrogen-bond acceptors (Lipinski definition) is 1. The third-order valence-corrected chi connectivity index (χ3v) is 12.4. The molecule has 0 N–H and O–H groups in total. The summed E-state index contributed by atoms with van der Waals surface area (Å²) < 4.78 is 11.0. The third kappa shape index (κ3) is 4.40. The van der Waals surface area contributed by atoms with E-state index in [1.54, 1.807) is 0 Å². The van der Waals surface area contributed by atoms with Crippen LogP contribution in [0.25, 0.3) is 88.1 Å². The molecule has 53 heavy (non-hydrogen) atoms. The second kappa shape index (κ2) is 10.7. The lowest BCUT2D eigenvalue weighted by molar-refractivity contribution is 0.332. The van der Waals surface area contributed by atoms with Crippen LogP contribution in [0.3, 0.4) is 0 Å². The van der Waals surface area contributed by atoms with Gasteiger partial charge in [-0.25, -0.2) is 0 Å². The Morgan fingerprint density at radius 2 is 0.887 bits per heavy atom.